The van der Waals surface area contributed by atoms with Gasteiger partial charge in [0.15, 0.2) is 11.0 Å². The lowest BCUT2D eigenvalue weighted by molar-refractivity contribution is 0.0990. The number of para-hydroxylation sites is 1. The topological polar surface area (TPSA) is 70.5 Å². The van der Waals surface area contributed by atoms with Crippen molar-refractivity contribution in [1.29, 1.82) is 0 Å². The molecule has 2 aromatic rings. The predicted octanol–water partition coefficient (Wildman–Crippen LogP) is 2.68. The third-order valence-corrected chi connectivity index (χ3v) is 4.18. The SMILES string of the molecule is Cc1ccccc1OCC(O)CNC(C)(C)CN(C)c1ccc(Cl)nn1. The average Bonchev–Trinajstić information content (AvgIpc) is 2.59. The molecule has 1 atom stereocenters. The Bertz CT molecular complexity index is 694. The van der Waals surface area contributed by atoms with Crippen LogP contribution in [-0.4, -0.2) is 53.7 Å². The lowest BCUT2D eigenvalue weighted by atomic mass is 10.0. The second kappa shape index (κ2) is 9.16. The van der Waals surface area contributed by atoms with E-state index in [1.165, 1.54) is 0 Å². The number of halogens is 1. The maximum Gasteiger partial charge on any atom is 0.151 e. The molecule has 2 N–H and O–H groups in total. The largest absolute Gasteiger partial charge is 0.491 e. The number of likely N-dealkylation sites (N-methyl/N-ethyl adjacent to an activating group) is 1. The van der Waals surface area contributed by atoms with Crippen LogP contribution in [0.1, 0.15) is 19.4 Å². The number of hydrogen-bond acceptors (Lipinski definition) is 6. The zero-order chi connectivity index (χ0) is 19.2. The Hall–Kier alpha value is -1.89. The molecular formula is C19H27ClN4O2. The molecule has 0 fully saturated rings. The fourth-order valence-corrected chi connectivity index (χ4v) is 2.70. The summed E-state index contributed by atoms with van der Waals surface area (Å²) in [6.45, 7) is 7.49. The lowest BCUT2D eigenvalue weighted by Crippen LogP contribution is -2.51. The molecule has 1 heterocycles. The number of aliphatic hydroxyl groups excluding tert-OH is 1. The van der Waals surface area contributed by atoms with Crippen LogP contribution < -0.4 is 15.0 Å². The minimum atomic E-state index is -0.602. The minimum absolute atomic E-state index is 0.236. The molecule has 0 aliphatic heterocycles. The number of hydrogen-bond donors (Lipinski definition) is 2. The molecule has 0 aliphatic rings. The van der Waals surface area contributed by atoms with Gasteiger partial charge in [0.25, 0.3) is 0 Å². The molecule has 0 spiro atoms. The van der Waals surface area contributed by atoms with E-state index in [0.717, 1.165) is 17.1 Å². The number of aliphatic hydroxyl groups is 1. The number of benzene rings is 1. The summed E-state index contributed by atoms with van der Waals surface area (Å²) in [6.07, 6.45) is -0.602. The molecule has 6 nitrogen and oxygen atoms in total. The summed E-state index contributed by atoms with van der Waals surface area (Å²) in [5.74, 6) is 1.54. The highest BCUT2D eigenvalue weighted by molar-refractivity contribution is 6.29. The first-order valence-corrected chi connectivity index (χ1v) is 8.96. The third kappa shape index (κ3) is 6.44. The first kappa shape index (κ1) is 20.4. The van der Waals surface area contributed by atoms with Crippen LogP contribution in [0, 0.1) is 6.92 Å². The second-order valence-electron chi connectivity index (χ2n) is 7.07. The summed E-state index contributed by atoms with van der Waals surface area (Å²) >= 11 is 5.77. The highest BCUT2D eigenvalue weighted by Gasteiger charge is 2.22. The van der Waals surface area contributed by atoms with Crippen LogP contribution in [0.3, 0.4) is 0 Å². The Labute approximate surface area is 160 Å². The Balaban J connectivity index is 1.79. The van der Waals surface area contributed by atoms with Crippen molar-refractivity contribution in [3.8, 4) is 5.75 Å². The molecule has 0 amide bonds. The van der Waals surface area contributed by atoms with Gasteiger partial charge in [0.2, 0.25) is 0 Å². The number of ether oxygens (including phenoxy) is 1. The molecule has 1 unspecified atom stereocenters. The number of β-amino-alcohol motifs (C(OH)–C–C–N with tert-alkyl or cyclic N) is 1. The molecular weight excluding hydrogens is 352 g/mol. The van der Waals surface area contributed by atoms with E-state index < -0.39 is 6.10 Å². The van der Waals surface area contributed by atoms with Crippen LogP contribution in [0.4, 0.5) is 5.82 Å². The number of aromatic nitrogens is 2. The van der Waals surface area contributed by atoms with Gasteiger partial charge in [-0.15, -0.1) is 10.2 Å². The van der Waals surface area contributed by atoms with E-state index in [1.807, 2.05) is 49.2 Å². The van der Waals surface area contributed by atoms with E-state index in [-0.39, 0.29) is 12.1 Å². The van der Waals surface area contributed by atoms with Crippen LogP contribution in [0.5, 0.6) is 5.75 Å². The number of rotatable bonds is 9. The molecule has 0 saturated carbocycles. The van der Waals surface area contributed by atoms with Crippen molar-refractivity contribution in [3.63, 3.8) is 0 Å². The normalized spacial score (nSPS) is 12.7. The van der Waals surface area contributed by atoms with Crippen molar-refractivity contribution >= 4 is 17.4 Å². The molecule has 0 bridgehead atoms. The number of nitrogens with zero attached hydrogens (tertiary/aromatic N) is 3. The zero-order valence-electron chi connectivity index (χ0n) is 15.7. The maximum atomic E-state index is 10.2. The Morgan fingerprint density at radius 3 is 2.62 bits per heavy atom. The summed E-state index contributed by atoms with van der Waals surface area (Å²) in [5, 5.41) is 21.9. The highest BCUT2D eigenvalue weighted by atomic mass is 35.5. The number of anilines is 1. The third-order valence-electron chi connectivity index (χ3n) is 3.98. The van der Waals surface area contributed by atoms with Crippen LogP contribution in [-0.2, 0) is 0 Å². The monoisotopic (exact) mass is 378 g/mol. The molecule has 1 aromatic heterocycles. The molecule has 7 heteroatoms. The summed E-state index contributed by atoms with van der Waals surface area (Å²) in [7, 11) is 1.94. The minimum Gasteiger partial charge on any atom is -0.491 e. The number of nitrogens with one attached hydrogen (secondary N) is 1. The fourth-order valence-electron chi connectivity index (χ4n) is 2.60. The quantitative estimate of drug-likeness (QED) is 0.699. The van der Waals surface area contributed by atoms with Gasteiger partial charge in [-0.2, -0.15) is 0 Å². The van der Waals surface area contributed by atoms with Crippen LogP contribution in [0.15, 0.2) is 36.4 Å². The lowest BCUT2D eigenvalue weighted by Gasteiger charge is -2.32. The second-order valence-corrected chi connectivity index (χ2v) is 7.45. The van der Waals surface area contributed by atoms with Gasteiger partial charge < -0.3 is 20.1 Å². The molecule has 0 aliphatic carbocycles. The maximum absolute atomic E-state index is 10.2. The molecule has 2 rings (SSSR count). The molecule has 0 saturated heterocycles. The van der Waals surface area contributed by atoms with Gasteiger partial charge >= 0.3 is 0 Å². The molecule has 142 valence electrons. The highest BCUT2D eigenvalue weighted by Crippen LogP contribution is 2.17. The van der Waals surface area contributed by atoms with Crippen molar-refractivity contribution in [1.82, 2.24) is 15.5 Å². The van der Waals surface area contributed by atoms with Crippen molar-refractivity contribution in [2.75, 3.05) is 31.6 Å². The van der Waals surface area contributed by atoms with E-state index in [2.05, 4.69) is 29.4 Å². The van der Waals surface area contributed by atoms with Gasteiger partial charge in [0.05, 0.1) is 0 Å². The van der Waals surface area contributed by atoms with Crippen molar-refractivity contribution in [3.05, 3.63) is 47.1 Å². The summed E-state index contributed by atoms with van der Waals surface area (Å²) in [5.41, 5.74) is 0.818. The van der Waals surface area contributed by atoms with Crippen LogP contribution in [0.25, 0.3) is 0 Å². The summed E-state index contributed by atoms with van der Waals surface area (Å²) in [6, 6.07) is 11.3. The van der Waals surface area contributed by atoms with Gasteiger partial charge in [-0.25, -0.2) is 0 Å². The molecule has 1 aromatic carbocycles. The van der Waals surface area contributed by atoms with E-state index in [4.69, 9.17) is 16.3 Å². The van der Waals surface area contributed by atoms with Gasteiger partial charge in [-0.1, -0.05) is 29.8 Å². The van der Waals surface area contributed by atoms with Crippen molar-refractivity contribution < 1.29 is 9.84 Å². The van der Waals surface area contributed by atoms with E-state index in [9.17, 15) is 5.11 Å². The van der Waals surface area contributed by atoms with Gasteiger partial charge in [-0.05, 0) is 44.5 Å². The van der Waals surface area contributed by atoms with Gasteiger partial charge in [-0.3, -0.25) is 0 Å². The van der Waals surface area contributed by atoms with E-state index in [1.54, 1.807) is 6.07 Å². The number of aryl methyl sites for hydroxylation is 1. The Morgan fingerprint density at radius 2 is 1.96 bits per heavy atom. The molecule has 26 heavy (non-hydrogen) atoms. The summed E-state index contributed by atoms with van der Waals surface area (Å²) in [4.78, 5) is 1.99. The van der Waals surface area contributed by atoms with Gasteiger partial charge in [0, 0.05) is 25.7 Å². The van der Waals surface area contributed by atoms with E-state index in [0.29, 0.717) is 18.2 Å². The Kier molecular flexibility index (Phi) is 7.20. The zero-order valence-corrected chi connectivity index (χ0v) is 16.5. The predicted molar refractivity (Wildman–Crippen MR) is 105 cm³/mol. The fraction of sp³-hybridized carbons (Fsp3) is 0.474. The summed E-state index contributed by atoms with van der Waals surface area (Å²) < 4.78 is 5.69. The van der Waals surface area contributed by atoms with Crippen LogP contribution in [0.2, 0.25) is 5.15 Å². The van der Waals surface area contributed by atoms with Crippen LogP contribution >= 0.6 is 11.6 Å². The van der Waals surface area contributed by atoms with Crippen molar-refractivity contribution in [2.24, 2.45) is 0 Å². The average molecular weight is 379 g/mol. The molecule has 0 radical (unpaired) electrons. The first-order chi connectivity index (χ1) is 12.3. The smallest absolute Gasteiger partial charge is 0.151 e. The first-order valence-electron chi connectivity index (χ1n) is 8.59. The van der Waals surface area contributed by atoms with Gasteiger partial charge in [0.1, 0.15) is 18.5 Å². The van der Waals surface area contributed by atoms with E-state index >= 15 is 0 Å². The Morgan fingerprint density at radius 1 is 1.23 bits per heavy atom. The standard InChI is InChI=1S/C19H27ClN4O2/c1-14-7-5-6-8-16(14)26-12-15(25)11-21-19(2,3)13-24(4)18-10-9-17(20)22-23-18/h5-10,15,21,25H,11-13H2,1-4H3. The van der Waals surface area contributed by atoms with Crippen molar-refractivity contribution in [2.45, 2.75) is 32.4 Å².